The van der Waals surface area contributed by atoms with Crippen molar-refractivity contribution in [2.24, 2.45) is 7.05 Å². The van der Waals surface area contributed by atoms with E-state index in [1.54, 1.807) is 23.3 Å². The molecule has 0 radical (unpaired) electrons. The minimum Gasteiger partial charge on any atom is -0.363 e. The fraction of sp³-hybridized carbons (Fsp3) is 0.263. The van der Waals surface area contributed by atoms with Gasteiger partial charge in [0.1, 0.15) is 12.0 Å². The van der Waals surface area contributed by atoms with Crippen molar-refractivity contribution >= 4 is 11.5 Å². The Bertz CT molecular complexity index is 1130. The van der Waals surface area contributed by atoms with E-state index >= 15 is 0 Å². The lowest BCUT2D eigenvalue weighted by Crippen LogP contribution is -2.29. The maximum absolute atomic E-state index is 13.9. The van der Waals surface area contributed by atoms with Gasteiger partial charge in [0, 0.05) is 38.1 Å². The highest BCUT2D eigenvalue weighted by molar-refractivity contribution is 5.64. The number of hydrogen-bond donors (Lipinski definition) is 2. The number of nitrogens with zero attached hydrogens (tertiary/aromatic N) is 6. The van der Waals surface area contributed by atoms with Crippen LogP contribution < -0.4 is 10.6 Å². The molecule has 8 nitrogen and oxygen atoms in total. The van der Waals surface area contributed by atoms with Gasteiger partial charge in [-0.25, -0.2) is 14.4 Å². The van der Waals surface area contributed by atoms with Gasteiger partial charge in [0.2, 0.25) is 0 Å². The molecule has 4 aromatic rings. The van der Waals surface area contributed by atoms with Crippen LogP contribution in [-0.4, -0.2) is 54.4 Å². The second-order valence-electron chi connectivity index (χ2n) is 6.88. The zero-order valence-corrected chi connectivity index (χ0v) is 15.2. The first-order valence-electron chi connectivity index (χ1n) is 9.08. The number of rotatable bonds is 4. The molecule has 5 rings (SSSR count). The second kappa shape index (κ2) is 6.68. The first-order valence-corrected chi connectivity index (χ1v) is 9.08. The quantitative estimate of drug-likeness (QED) is 0.564. The van der Waals surface area contributed by atoms with Crippen molar-refractivity contribution in [3.05, 3.63) is 49.2 Å². The first-order chi connectivity index (χ1) is 13.7. The average Bonchev–Trinajstić information content (AvgIpc) is 3.42. The molecule has 5 heterocycles. The fourth-order valence-electron chi connectivity index (χ4n) is 3.42. The average molecular weight is 378 g/mol. The molecule has 0 spiro atoms. The van der Waals surface area contributed by atoms with Gasteiger partial charge in [-0.2, -0.15) is 5.10 Å². The van der Waals surface area contributed by atoms with E-state index < -0.39 is 6.17 Å². The van der Waals surface area contributed by atoms with E-state index in [2.05, 4.69) is 30.7 Å². The Morgan fingerprint density at radius 2 is 2.04 bits per heavy atom. The zero-order chi connectivity index (χ0) is 19.1. The maximum atomic E-state index is 13.9. The summed E-state index contributed by atoms with van der Waals surface area (Å²) >= 11 is 0. The summed E-state index contributed by atoms with van der Waals surface area (Å²) in [5.74, 6) is 0.644. The van der Waals surface area contributed by atoms with Crippen molar-refractivity contribution in [1.29, 1.82) is 0 Å². The van der Waals surface area contributed by atoms with E-state index in [4.69, 9.17) is 0 Å². The highest BCUT2D eigenvalue weighted by Gasteiger charge is 2.26. The number of fused-ring (bicyclic) bond motifs is 1. The van der Waals surface area contributed by atoms with E-state index in [0.717, 1.165) is 28.3 Å². The van der Waals surface area contributed by atoms with Gasteiger partial charge in [-0.1, -0.05) is 6.07 Å². The Morgan fingerprint density at radius 1 is 1.11 bits per heavy atom. The van der Waals surface area contributed by atoms with Crippen molar-refractivity contribution in [1.82, 2.24) is 34.4 Å². The van der Waals surface area contributed by atoms with Gasteiger partial charge < -0.3 is 10.6 Å². The number of hydrogen-bond acceptors (Lipinski definition) is 6. The first kappa shape index (κ1) is 16.8. The van der Waals surface area contributed by atoms with Crippen molar-refractivity contribution in [3.8, 4) is 22.6 Å². The van der Waals surface area contributed by atoms with Crippen LogP contribution in [0.1, 0.15) is 0 Å². The third-order valence-corrected chi connectivity index (χ3v) is 4.88. The van der Waals surface area contributed by atoms with Gasteiger partial charge in [-0.3, -0.25) is 14.1 Å². The topological polar surface area (TPSA) is 85.0 Å². The van der Waals surface area contributed by atoms with Crippen LogP contribution in [-0.2, 0) is 7.05 Å². The molecule has 1 aliphatic rings. The Hall–Kier alpha value is -3.33. The monoisotopic (exact) mass is 378 g/mol. The van der Waals surface area contributed by atoms with E-state index in [-0.39, 0.29) is 6.04 Å². The summed E-state index contributed by atoms with van der Waals surface area (Å²) in [5.41, 5.74) is 4.04. The number of aryl methyl sites for hydroxylation is 1. The summed E-state index contributed by atoms with van der Waals surface area (Å²) in [4.78, 5) is 13.6. The molecule has 2 N–H and O–H groups in total. The van der Waals surface area contributed by atoms with Gasteiger partial charge in [-0.05, 0) is 12.1 Å². The molecule has 1 fully saturated rings. The standard InChI is InChI=1S/C19H19FN8/c1-27-10-12(5-24-27)16-11-28-17(8-23-19(28)9-22-16)14-3-2-4-18(25-14)26-15-7-21-6-13(15)20/h2-5,8-11,13,15,21H,6-7H2,1H3,(H,25,26). The summed E-state index contributed by atoms with van der Waals surface area (Å²) in [6.45, 7) is 0.956. The molecule has 2 unspecified atom stereocenters. The Morgan fingerprint density at radius 3 is 2.82 bits per heavy atom. The minimum absolute atomic E-state index is 0.272. The zero-order valence-electron chi connectivity index (χ0n) is 15.2. The molecule has 2 atom stereocenters. The van der Waals surface area contributed by atoms with Crippen LogP contribution in [0.15, 0.2) is 49.2 Å². The Kier molecular flexibility index (Phi) is 4.01. The van der Waals surface area contributed by atoms with Crippen LogP contribution in [0.4, 0.5) is 10.2 Å². The molecule has 4 aromatic heterocycles. The van der Waals surface area contributed by atoms with Gasteiger partial charge in [0.25, 0.3) is 0 Å². The Labute approximate surface area is 160 Å². The van der Waals surface area contributed by atoms with E-state index in [1.165, 1.54) is 0 Å². The van der Waals surface area contributed by atoms with Crippen molar-refractivity contribution < 1.29 is 4.39 Å². The molecule has 1 aliphatic heterocycles. The predicted octanol–water partition coefficient (Wildman–Crippen LogP) is 1.91. The summed E-state index contributed by atoms with van der Waals surface area (Å²) in [6.07, 6.45) is 8.19. The third-order valence-electron chi connectivity index (χ3n) is 4.88. The lowest BCUT2D eigenvalue weighted by Gasteiger charge is -2.15. The maximum Gasteiger partial charge on any atom is 0.155 e. The van der Waals surface area contributed by atoms with E-state index in [1.807, 2.05) is 42.0 Å². The number of imidazole rings is 1. The molecule has 0 aliphatic carbocycles. The predicted molar refractivity (Wildman–Crippen MR) is 104 cm³/mol. The van der Waals surface area contributed by atoms with Crippen LogP contribution in [0.2, 0.25) is 0 Å². The van der Waals surface area contributed by atoms with Gasteiger partial charge >= 0.3 is 0 Å². The third kappa shape index (κ3) is 2.99. The molecule has 0 saturated carbocycles. The number of halogens is 1. The number of nitrogens with one attached hydrogen (secondary N) is 2. The minimum atomic E-state index is -0.922. The van der Waals surface area contributed by atoms with Crippen LogP contribution in [0.3, 0.4) is 0 Å². The van der Waals surface area contributed by atoms with Gasteiger partial charge in [0.05, 0.1) is 41.7 Å². The van der Waals surface area contributed by atoms with E-state index in [0.29, 0.717) is 18.9 Å². The summed E-state index contributed by atoms with van der Waals surface area (Å²) in [6, 6.07) is 5.40. The molecule has 9 heteroatoms. The van der Waals surface area contributed by atoms with Crippen LogP contribution in [0.25, 0.3) is 28.3 Å². The largest absolute Gasteiger partial charge is 0.363 e. The van der Waals surface area contributed by atoms with Crippen LogP contribution in [0.5, 0.6) is 0 Å². The molecule has 142 valence electrons. The number of pyridine rings is 1. The van der Waals surface area contributed by atoms with Crippen LogP contribution in [0, 0.1) is 0 Å². The number of aromatic nitrogens is 6. The van der Waals surface area contributed by atoms with Crippen molar-refractivity contribution in [2.75, 3.05) is 18.4 Å². The molecule has 0 bridgehead atoms. The van der Waals surface area contributed by atoms with Crippen molar-refractivity contribution in [3.63, 3.8) is 0 Å². The molecule has 0 amide bonds. The summed E-state index contributed by atoms with van der Waals surface area (Å²) in [5, 5.41) is 10.4. The van der Waals surface area contributed by atoms with Crippen molar-refractivity contribution in [2.45, 2.75) is 12.2 Å². The smallest absolute Gasteiger partial charge is 0.155 e. The molecule has 28 heavy (non-hydrogen) atoms. The highest BCUT2D eigenvalue weighted by Crippen LogP contribution is 2.23. The Balaban J connectivity index is 1.51. The number of anilines is 1. The molecular formula is C19H19FN8. The molecule has 1 saturated heterocycles. The SMILES string of the molecule is Cn1cc(-c2cn3c(-c4cccc(NC5CNCC5F)n4)cnc3cn2)cn1. The normalized spacial score (nSPS) is 19.4. The highest BCUT2D eigenvalue weighted by atomic mass is 19.1. The fourth-order valence-corrected chi connectivity index (χ4v) is 3.42. The molecular weight excluding hydrogens is 359 g/mol. The number of alkyl halides is 1. The van der Waals surface area contributed by atoms with Gasteiger partial charge in [-0.15, -0.1) is 0 Å². The summed E-state index contributed by atoms with van der Waals surface area (Å²) in [7, 11) is 1.87. The lowest BCUT2D eigenvalue weighted by atomic mass is 10.2. The lowest BCUT2D eigenvalue weighted by molar-refractivity contribution is 0.342. The van der Waals surface area contributed by atoms with Gasteiger partial charge in [0.15, 0.2) is 5.65 Å². The summed E-state index contributed by atoms with van der Waals surface area (Å²) < 4.78 is 17.6. The second-order valence-corrected chi connectivity index (χ2v) is 6.88. The van der Waals surface area contributed by atoms with E-state index in [9.17, 15) is 4.39 Å². The molecule has 0 aromatic carbocycles. The van der Waals surface area contributed by atoms with Crippen LogP contribution >= 0.6 is 0 Å².